The summed E-state index contributed by atoms with van der Waals surface area (Å²) in [5.41, 5.74) is 0.736. The molecule has 1 rings (SSSR count). The molecule has 82 valence electrons. The van der Waals surface area contributed by atoms with E-state index in [2.05, 4.69) is 21.2 Å². The second kappa shape index (κ2) is 5.16. The lowest BCUT2D eigenvalue weighted by atomic mass is 10.2. The van der Waals surface area contributed by atoms with Crippen molar-refractivity contribution in [3.63, 3.8) is 0 Å². The number of carbonyl (C=O) groups excluding carboxylic acids is 1. The summed E-state index contributed by atoms with van der Waals surface area (Å²) in [4.78, 5) is 11.5. The van der Waals surface area contributed by atoms with Crippen LogP contribution in [0, 0.1) is 5.92 Å². The van der Waals surface area contributed by atoms with Gasteiger partial charge in [0.15, 0.2) is 0 Å². The van der Waals surface area contributed by atoms with E-state index < -0.39 is 0 Å². The first-order valence-electron chi connectivity index (χ1n) is 4.68. The van der Waals surface area contributed by atoms with Gasteiger partial charge in [-0.05, 0) is 12.1 Å². The molecule has 1 N–H and O–H groups in total. The lowest BCUT2D eigenvalue weighted by molar-refractivity contribution is -0.118. The summed E-state index contributed by atoms with van der Waals surface area (Å²) >= 11 is 3.35. The molecule has 0 fully saturated rings. The smallest absolute Gasteiger partial charge is 0.226 e. The number of hydrogen-bond acceptors (Lipinski definition) is 2. The van der Waals surface area contributed by atoms with Gasteiger partial charge in [0.2, 0.25) is 5.91 Å². The number of nitrogens with one attached hydrogen (secondary N) is 1. The summed E-state index contributed by atoms with van der Waals surface area (Å²) in [5.74, 6) is 0.675. The molecule has 1 aromatic rings. The van der Waals surface area contributed by atoms with Crippen molar-refractivity contribution >= 4 is 27.5 Å². The topological polar surface area (TPSA) is 38.3 Å². The van der Waals surface area contributed by atoms with Crippen LogP contribution in [0.5, 0.6) is 5.75 Å². The number of rotatable bonds is 3. The summed E-state index contributed by atoms with van der Waals surface area (Å²) in [7, 11) is 1.59. The van der Waals surface area contributed by atoms with Crippen molar-refractivity contribution in [3.05, 3.63) is 22.7 Å². The molecule has 0 aromatic heterocycles. The summed E-state index contributed by atoms with van der Waals surface area (Å²) in [6, 6.07) is 5.46. The van der Waals surface area contributed by atoms with Gasteiger partial charge in [0.05, 0.1) is 7.11 Å². The Morgan fingerprint density at radius 1 is 1.40 bits per heavy atom. The summed E-state index contributed by atoms with van der Waals surface area (Å²) in [6.07, 6.45) is 0. The van der Waals surface area contributed by atoms with E-state index in [1.54, 1.807) is 13.2 Å². The minimum atomic E-state index is -0.0324. The number of amides is 1. The fourth-order valence-electron chi connectivity index (χ4n) is 1.04. The molecule has 3 nitrogen and oxygen atoms in total. The van der Waals surface area contributed by atoms with Crippen LogP contribution in [0.4, 0.5) is 5.69 Å². The van der Waals surface area contributed by atoms with E-state index in [0.29, 0.717) is 5.75 Å². The van der Waals surface area contributed by atoms with E-state index in [-0.39, 0.29) is 11.8 Å². The van der Waals surface area contributed by atoms with Gasteiger partial charge in [-0.2, -0.15) is 0 Å². The number of benzene rings is 1. The maximum atomic E-state index is 11.5. The molecule has 0 unspecified atom stereocenters. The van der Waals surface area contributed by atoms with Crippen LogP contribution in [0.2, 0.25) is 0 Å². The molecule has 0 bridgehead atoms. The largest absolute Gasteiger partial charge is 0.497 e. The quantitative estimate of drug-likeness (QED) is 0.918. The van der Waals surface area contributed by atoms with Gasteiger partial charge in [-0.25, -0.2) is 0 Å². The summed E-state index contributed by atoms with van der Waals surface area (Å²) < 4.78 is 5.97. The van der Waals surface area contributed by atoms with Gasteiger partial charge in [-0.3, -0.25) is 4.79 Å². The molecule has 0 spiro atoms. The van der Waals surface area contributed by atoms with Crippen LogP contribution < -0.4 is 10.1 Å². The van der Waals surface area contributed by atoms with Gasteiger partial charge in [0.1, 0.15) is 5.75 Å². The first-order valence-corrected chi connectivity index (χ1v) is 5.47. The molecular weight excluding hydrogens is 258 g/mol. The molecule has 1 amide bonds. The summed E-state index contributed by atoms with van der Waals surface area (Å²) in [5, 5.41) is 2.81. The molecular formula is C11H14BrNO2. The Kier molecular flexibility index (Phi) is 4.15. The molecule has 0 aliphatic heterocycles. The van der Waals surface area contributed by atoms with Crippen molar-refractivity contribution in [2.75, 3.05) is 12.4 Å². The minimum absolute atomic E-state index is 0.00449. The van der Waals surface area contributed by atoms with Gasteiger partial charge in [0, 0.05) is 22.1 Å². The van der Waals surface area contributed by atoms with Gasteiger partial charge < -0.3 is 10.1 Å². The molecule has 0 aliphatic rings. The van der Waals surface area contributed by atoms with Crippen molar-refractivity contribution < 1.29 is 9.53 Å². The molecule has 0 saturated carbocycles. The first kappa shape index (κ1) is 12.0. The lowest BCUT2D eigenvalue weighted by Crippen LogP contribution is -2.17. The maximum Gasteiger partial charge on any atom is 0.226 e. The molecule has 0 radical (unpaired) electrons. The van der Waals surface area contributed by atoms with Crippen molar-refractivity contribution in [3.8, 4) is 5.75 Å². The zero-order valence-corrected chi connectivity index (χ0v) is 10.6. The third-order valence-corrected chi connectivity index (χ3v) is 2.36. The van der Waals surface area contributed by atoms with Gasteiger partial charge >= 0.3 is 0 Å². The SMILES string of the molecule is COc1cc(Br)cc(NC(=O)C(C)C)c1. The monoisotopic (exact) mass is 271 g/mol. The van der Waals surface area contributed by atoms with Crippen molar-refractivity contribution in [2.45, 2.75) is 13.8 Å². The van der Waals surface area contributed by atoms with E-state index in [4.69, 9.17) is 4.74 Å². The van der Waals surface area contributed by atoms with E-state index in [1.807, 2.05) is 26.0 Å². The number of hydrogen-bond donors (Lipinski definition) is 1. The van der Waals surface area contributed by atoms with Gasteiger partial charge in [-0.1, -0.05) is 29.8 Å². The highest BCUT2D eigenvalue weighted by molar-refractivity contribution is 9.10. The average molecular weight is 272 g/mol. The second-order valence-electron chi connectivity index (χ2n) is 3.52. The highest BCUT2D eigenvalue weighted by Crippen LogP contribution is 2.24. The molecule has 15 heavy (non-hydrogen) atoms. The third-order valence-electron chi connectivity index (χ3n) is 1.90. The Labute approximate surface area is 97.9 Å². The Balaban J connectivity index is 2.85. The average Bonchev–Trinajstić information content (AvgIpc) is 2.16. The maximum absolute atomic E-state index is 11.5. The van der Waals surface area contributed by atoms with E-state index >= 15 is 0 Å². The minimum Gasteiger partial charge on any atom is -0.497 e. The lowest BCUT2D eigenvalue weighted by Gasteiger charge is -2.09. The number of ether oxygens (including phenoxy) is 1. The molecule has 4 heteroatoms. The van der Waals surface area contributed by atoms with Crippen molar-refractivity contribution in [1.82, 2.24) is 0 Å². The Hall–Kier alpha value is -1.03. The van der Waals surface area contributed by atoms with Crippen LogP contribution in [-0.2, 0) is 4.79 Å². The van der Waals surface area contributed by atoms with E-state index in [0.717, 1.165) is 10.2 Å². The van der Waals surface area contributed by atoms with Crippen LogP contribution in [0.25, 0.3) is 0 Å². The van der Waals surface area contributed by atoms with Crippen LogP contribution in [0.15, 0.2) is 22.7 Å². The van der Waals surface area contributed by atoms with E-state index in [9.17, 15) is 4.79 Å². The fourth-order valence-corrected chi connectivity index (χ4v) is 1.51. The zero-order chi connectivity index (χ0) is 11.4. The predicted molar refractivity (Wildman–Crippen MR) is 64.2 cm³/mol. The normalized spacial score (nSPS) is 10.2. The summed E-state index contributed by atoms with van der Waals surface area (Å²) in [6.45, 7) is 3.70. The number of halogens is 1. The molecule has 0 saturated heterocycles. The number of methoxy groups -OCH3 is 1. The van der Waals surface area contributed by atoms with Crippen LogP contribution in [-0.4, -0.2) is 13.0 Å². The fraction of sp³-hybridized carbons (Fsp3) is 0.364. The van der Waals surface area contributed by atoms with Crippen molar-refractivity contribution in [2.24, 2.45) is 5.92 Å². The molecule has 0 aliphatic carbocycles. The number of carbonyl (C=O) groups is 1. The van der Waals surface area contributed by atoms with Crippen LogP contribution >= 0.6 is 15.9 Å². The van der Waals surface area contributed by atoms with Gasteiger partial charge in [-0.15, -0.1) is 0 Å². The standard InChI is InChI=1S/C11H14BrNO2/c1-7(2)11(14)13-9-4-8(12)5-10(6-9)15-3/h4-7H,1-3H3,(H,13,14). The zero-order valence-electron chi connectivity index (χ0n) is 9.00. The van der Waals surface area contributed by atoms with Crippen molar-refractivity contribution in [1.29, 1.82) is 0 Å². The third kappa shape index (κ3) is 3.55. The molecule has 0 atom stereocenters. The Bertz CT molecular complexity index is 364. The highest BCUT2D eigenvalue weighted by Gasteiger charge is 2.08. The van der Waals surface area contributed by atoms with E-state index in [1.165, 1.54) is 0 Å². The molecule has 1 aromatic carbocycles. The Morgan fingerprint density at radius 2 is 2.07 bits per heavy atom. The highest BCUT2D eigenvalue weighted by atomic mass is 79.9. The molecule has 0 heterocycles. The second-order valence-corrected chi connectivity index (χ2v) is 4.44. The van der Waals surface area contributed by atoms with Crippen LogP contribution in [0.3, 0.4) is 0 Å². The first-order chi connectivity index (χ1) is 7.02. The van der Waals surface area contributed by atoms with Crippen LogP contribution in [0.1, 0.15) is 13.8 Å². The number of anilines is 1. The predicted octanol–water partition coefficient (Wildman–Crippen LogP) is 3.05. The Morgan fingerprint density at radius 3 is 2.60 bits per heavy atom. The van der Waals surface area contributed by atoms with Gasteiger partial charge in [0.25, 0.3) is 0 Å².